The summed E-state index contributed by atoms with van der Waals surface area (Å²) in [4.78, 5) is 13.9. The molecule has 0 spiro atoms. The van der Waals surface area contributed by atoms with Crippen molar-refractivity contribution in [1.29, 1.82) is 0 Å². The summed E-state index contributed by atoms with van der Waals surface area (Å²) in [7, 11) is 1.87. The van der Waals surface area contributed by atoms with Crippen molar-refractivity contribution < 1.29 is 9.53 Å². The van der Waals surface area contributed by atoms with Gasteiger partial charge in [0, 0.05) is 33.4 Å². The van der Waals surface area contributed by atoms with Gasteiger partial charge in [-0.15, -0.1) is 0 Å². The van der Waals surface area contributed by atoms with E-state index in [1.54, 1.807) is 0 Å². The van der Waals surface area contributed by atoms with Crippen LogP contribution in [0.1, 0.15) is 26.7 Å². The molecule has 0 saturated carbocycles. The molecule has 1 fully saturated rings. The highest BCUT2D eigenvalue weighted by molar-refractivity contribution is 5.81. The van der Waals surface area contributed by atoms with Crippen LogP contribution in [0.25, 0.3) is 0 Å². The molecule has 94 valence electrons. The number of ether oxygens (including phenoxy) is 1. The molecule has 0 aromatic rings. The third-order valence-corrected chi connectivity index (χ3v) is 3.31. The molecule has 1 amide bonds. The minimum absolute atomic E-state index is 0.140. The molecule has 1 saturated heterocycles. The summed E-state index contributed by atoms with van der Waals surface area (Å²) in [6.45, 7) is 6.67. The van der Waals surface area contributed by atoms with Crippen LogP contribution in [0.2, 0.25) is 0 Å². The average molecular weight is 228 g/mol. The average Bonchev–Trinajstić information content (AvgIpc) is 2.29. The molecule has 0 aliphatic carbocycles. The minimum Gasteiger partial charge on any atom is -0.381 e. The molecule has 4 nitrogen and oxygen atoms in total. The van der Waals surface area contributed by atoms with Gasteiger partial charge in [-0.25, -0.2) is 0 Å². The maximum atomic E-state index is 12.1. The lowest BCUT2D eigenvalue weighted by Gasteiger charge is -2.32. The molecule has 1 rings (SSSR count). The minimum atomic E-state index is -0.445. The Bertz CT molecular complexity index is 235. The SMILES string of the molecule is CN(CC1CCOCC1)C(=O)C(C)(C)CN. The molecule has 2 N–H and O–H groups in total. The molecular formula is C12H24N2O2. The lowest BCUT2D eigenvalue weighted by atomic mass is 9.91. The molecular weight excluding hydrogens is 204 g/mol. The first-order chi connectivity index (χ1) is 7.47. The highest BCUT2D eigenvalue weighted by Crippen LogP contribution is 2.20. The maximum absolute atomic E-state index is 12.1. The summed E-state index contributed by atoms with van der Waals surface area (Å²) in [6.07, 6.45) is 2.11. The fourth-order valence-corrected chi connectivity index (χ4v) is 2.00. The van der Waals surface area contributed by atoms with Crippen LogP contribution in [0.5, 0.6) is 0 Å². The first kappa shape index (κ1) is 13.5. The van der Waals surface area contributed by atoms with Crippen LogP contribution in [-0.2, 0) is 9.53 Å². The van der Waals surface area contributed by atoms with Crippen LogP contribution in [0.3, 0.4) is 0 Å². The monoisotopic (exact) mass is 228 g/mol. The number of amides is 1. The Morgan fingerprint density at radius 1 is 1.44 bits per heavy atom. The van der Waals surface area contributed by atoms with E-state index in [0.29, 0.717) is 12.5 Å². The Morgan fingerprint density at radius 2 is 2.00 bits per heavy atom. The van der Waals surface area contributed by atoms with E-state index in [9.17, 15) is 4.79 Å². The summed E-state index contributed by atoms with van der Waals surface area (Å²) < 4.78 is 5.31. The zero-order valence-corrected chi connectivity index (χ0v) is 10.7. The van der Waals surface area contributed by atoms with Crippen molar-refractivity contribution in [2.45, 2.75) is 26.7 Å². The first-order valence-corrected chi connectivity index (χ1v) is 6.01. The number of carbonyl (C=O) groups is 1. The van der Waals surface area contributed by atoms with Gasteiger partial charge in [-0.3, -0.25) is 4.79 Å². The second-order valence-electron chi connectivity index (χ2n) is 5.33. The van der Waals surface area contributed by atoms with Gasteiger partial charge in [0.25, 0.3) is 0 Å². The lowest BCUT2D eigenvalue weighted by Crippen LogP contribution is -2.45. The van der Waals surface area contributed by atoms with E-state index in [0.717, 1.165) is 32.6 Å². The Kier molecular flexibility index (Phi) is 4.74. The number of carbonyl (C=O) groups excluding carboxylic acids is 1. The Balaban J connectivity index is 2.44. The topological polar surface area (TPSA) is 55.6 Å². The van der Waals surface area contributed by atoms with Crippen LogP contribution in [-0.4, -0.2) is 44.2 Å². The van der Waals surface area contributed by atoms with Gasteiger partial charge in [-0.05, 0) is 32.6 Å². The van der Waals surface area contributed by atoms with Crippen molar-refractivity contribution in [2.75, 3.05) is 33.4 Å². The summed E-state index contributed by atoms with van der Waals surface area (Å²) in [5, 5.41) is 0. The van der Waals surface area contributed by atoms with Gasteiger partial charge in [0.05, 0.1) is 5.41 Å². The Hall–Kier alpha value is -0.610. The van der Waals surface area contributed by atoms with Crippen molar-refractivity contribution in [1.82, 2.24) is 4.90 Å². The third kappa shape index (κ3) is 3.46. The molecule has 0 aromatic heterocycles. The molecule has 1 heterocycles. The molecule has 4 heteroatoms. The summed E-state index contributed by atoms with van der Waals surface area (Å²) in [6, 6.07) is 0. The highest BCUT2D eigenvalue weighted by Gasteiger charge is 2.30. The zero-order chi connectivity index (χ0) is 12.2. The van der Waals surface area contributed by atoms with Crippen LogP contribution >= 0.6 is 0 Å². The molecule has 0 radical (unpaired) electrons. The fraction of sp³-hybridized carbons (Fsp3) is 0.917. The largest absolute Gasteiger partial charge is 0.381 e. The number of hydrogen-bond acceptors (Lipinski definition) is 3. The fourth-order valence-electron chi connectivity index (χ4n) is 2.00. The van der Waals surface area contributed by atoms with E-state index >= 15 is 0 Å². The predicted molar refractivity (Wildman–Crippen MR) is 64.0 cm³/mol. The van der Waals surface area contributed by atoms with Crippen LogP contribution in [0.4, 0.5) is 0 Å². The van der Waals surface area contributed by atoms with Crippen molar-refractivity contribution in [2.24, 2.45) is 17.1 Å². The predicted octanol–water partition coefficient (Wildman–Crippen LogP) is 0.856. The first-order valence-electron chi connectivity index (χ1n) is 6.01. The van der Waals surface area contributed by atoms with Gasteiger partial charge in [-0.1, -0.05) is 0 Å². The quantitative estimate of drug-likeness (QED) is 0.776. The second-order valence-corrected chi connectivity index (χ2v) is 5.33. The maximum Gasteiger partial charge on any atom is 0.229 e. The van der Waals surface area contributed by atoms with Crippen molar-refractivity contribution in [3.63, 3.8) is 0 Å². The van der Waals surface area contributed by atoms with Gasteiger partial charge in [0.15, 0.2) is 0 Å². The molecule has 1 aliphatic heterocycles. The number of rotatable bonds is 4. The third-order valence-electron chi connectivity index (χ3n) is 3.31. The van der Waals surface area contributed by atoms with Crippen LogP contribution in [0.15, 0.2) is 0 Å². The summed E-state index contributed by atoms with van der Waals surface area (Å²) in [5.74, 6) is 0.720. The summed E-state index contributed by atoms with van der Waals surface area (Å²) in [5.41, 5.74) is 5.17. The van der Waals surface area contributed by atoms with Gasteiger partial charge < -0.3 is 15.4 Å². The normalized spacial score (nSPS) is 18.5. The zero-order valence-electron chi connectivity index (χ0n) is 10.7. The van der Waals surface area contributed by atoms with Crippen molar-refractivity contribution in [3.05, 3.63) is 0 Å². The summed E-state index contributed by atoms with van der Waals surface area (Å²) >= 11 is 0. The number of nitrogens with two attached hydrogens (primary N) is 1. The van der Waals surface area contributed by atoms with E-state index in [1.165, 1.54) is 0 Å². The molecule has 0 unspecified atom stereocenters. The highest BCUT2D eigenvalue weighted by atomic mass is 16.5. The van der Waals surface area contributed by atoms with Crippen LogP contribution < -0.4 is 5.73 Å². The number of nitrogens with zero attached hydrogens (tertiary/aromatic N) is 1. The molecule has 16 heavy (non-hydrogen) atoms. The Labute approximate surface area is 98.1 Å². The van der Waals surface area contributed by atoms with E-state index in [2.05, 4.69) is 0 Å². The Morgan fingerprint density at radius 3 is 2.50 bits per heavy atom. The van der Waals surface area contributed by atoms with Gasteiger partial charge in [-0.2, -0.15) is 0 Å². The molecule has 1 aliphatic rings. The van der Waals surface area contributed by atoms with E-state index in [1.807, 2.05) is 25.8 Å². The van der Waals surface area contributed by atoms with Crippen LogP contribution in [0, 0.1) is 11.3 Å². The van der Waals surface area contributed by atoms with E-state index in [-0.39, 0.29) is 5.91 Å². The lowest BCUT2D eigenvalue weighted by molar-refractivity contribution is -0.139. The molecule has 0 atom stereocenters. The van der Waals surface area contributed by atoms with E-state index in [4.69, 9.17) is 10.5 Å². The standard InChI is InChI=1S/C12H24N2O2/c1-12(2,9-13)11(15)14(3)8-10-4-6-16-7-5-10/h10H,4-9,13H2,1-3H3. The van der Waals surface area contributed by atoms with Crippen molar-refractivity contribution >= 4 is 5.91 Å². The van der Waals surface area contributed by atoms with Gasteiger partial charge >= 0.3 is 0 Å². The molecule has 0 aromatic carbocycles. The van der Waals surface area contributed by atoms with Crippen molar-refractivity contribution in [3.8, 4) is 0 Å². The number of hydrogen-bond donors (Lipinski definition) is 1. The molecule has 0 bridgehead atoms. The van der Waals surface area contributed by atoms with Gasteiger partial charge in [0.2, 0.25) is 5.91 Å². The second kappa shape index (κ2) is 5.64. The van der Waals surface area contributed by atoms with E-state index < -0.39 is 5.41 Å². The smallest absolute Gasteiger partial charge is 0.229 e. The van der Waals surface area contributed by atoms with Gasteiger partial charge in [0.1, 0.15) is 0 Å².